The molecule has 0 saturated carbocycles. The molecule has 1 fully saturated rings. The van der Waals surface area contributed by atoms with Gasteiger partial charge in [-0.2, -0.15) is 0 Å². The zero-order chi connectivity index (χ0) is 10.3. The summed E-state index contributed by atoms with van der Waals surface area (Å²) in [6.07, 6.45) is 3.43. The first-order valence-corrected chi connectivity index (χ1v) is 5.00. The fourth-order valence-corrected chi connectivity index (χ4v) is 2.35. The van der Waals surface area contributed by atoms with Crippen molar-refractivity contribution in [3.05, 3.63) is 11.6 Å². The molecule has 1 saturated heterocycles. The van der Waals surface area contributed by atoms with Crippen molar-refractivity contribution >= 4 is 5.97 Å². The van der Waals surface area contributed by atoms with E-state index in [0.29, 0.717) is 6.61 Å². The van der Waals surface area contributed by atoms with Gasteiger partial charge in [-0.15, -0.1) is 0 Å². The molecule has 0 aromatic heterocycles. The molecule has 1 unspecified atom stereocenters. The van der Waals surface area contributed by atoms with E-state index < -0.39 is 0 Å². The van der Waals surface area contributed by atoms with Crippen LogP contribution in [0.4, 0.5) is 0 Å². The van der Waals surface area contributed by atoms with Gasteiger partial charge < -0.3 is 9.47 Å². The minimum Gasteiger partial charge on any atom is -0.465 e. The largest absolute Gasteiger partial charge is 0.465 e. The molecule has 0 aromatic rings. The molecule has 3 atom stereocenters. The van der Waals surface area contributed by atoms with E-state index >= 15 is 0 Å². The van der Waals surface area contributed by atoms with E-state index in [-0.39, 0.29) is 23.6 Å². The Kier molecular flexibility index (Phi) is 2.14. The molecule has 1 heterocycles. The van der Waals surface area contributed by atoms with Gasteiger partial charge in [0.25, 0.3) is 0 Å². The first kappa shape index (κ1) is 9.71. The van der Waals surface area contributed by atoms with Crippen molar-refractivity contribution in [2.75, 3.05) is 6.61 Å². The van der Waals surface area contributed by atoms with Gasteiger partial charge in [-0.25, -0.2) is 0 Å². The topological polar surface area (TPSA) is 38.8 Å². The van der Waals surface area contributed by atoms with Crippen molar-refractivity contribution < 1.29 is 14.3 Å². The van der Waals surface area contributed by atoms with Gasteiger partial charge in [-0.3, -0.25) is 4.79 Å². The van der Waals surface area contributed by atoms with Gasteiger partial charge in [0.15, 0.2) is 0 Å². The van der Waals surface area contributed by atoms with Crippen LogP contribution in [0.1, 0.15) is 27.2 Å². The Bertz CT molecular complexity index is 295. The van der Waals surface area contributed by atoms with Crippen LogP contribution in [-0.2, 0) is 14.3 Å². The Labute approximate surface area is 84.1 Å². The lowest BCUT2D eigenvalue weighted by molar-refractivity contribution is -0.142. The highest BCUT2D eigenvalue weighted by molar-refractivity contribution is 5.65. The molecule has 3 heteroatoms. The number of carbonyl (C=O) groups excluding carboxylic acids is 1. The predicted molar refractivity (Wildman–Crippen MR) is 51.8 cm³/mol. The molecule has 14 heavy (non-hydrogen) atoms. The van der Waals surface area contributed by atoms with E-state index in [2.05, 4.69) is 19.9 Å². The van der Waals surface area contributed by atoms with Gasteiger partial charge in [0, 0.05) is 12.8 Å². The first-order valence-electron chi connectivity index (χ1n) is 5.00. The molecule has 3 nitrogen and oxygen atoms in total. The summed E-state index contributed by atoms with van der Waals surface area (Å²) in [5.74, 6) is 0.0293. The molecule has 2 aliphatic rings. The monoisotopic (exact) mass is 196 g/mol. The summed E-state index contributed by atoms with van der Waals surface area (Å²) >= 11 is 0. The van der Waals surface area contributed by atoms with Crippen molar-refractivity contribution in [1.82, 2.24) is 0 Å². The summed E-state index contributed by atoms with van der Waals surface area (Å²) in [5.41, 5.74) is 1.35. The number of hydrogen-bond acceptors (Lipinski definition) is 3. The molecule has 0 aromatic carbocycles. The Morgan fingerprint density at radius 2 is 2.50 bits per heavy atom. The van der Waals surface area contributed by atoms with E-state index in [1.165, 1.54) is 12.5 Å². The average molecular weight is 196 g/mol. The van der Waals surface area contributed by atoms with Crippen LogP contribution in [0, 0.1) is 5.92 Å². The van der Waals surface area contributed by atoms with Crippen molar-refractivity contribution in [2.45, 2.75) is 38.9 Å². The van der Waals surface area contributed by atoms with E-state index in [1.807, 2.05) is 0 Å². The third kappa shape index (κ3) is 1.69. The number of hydrogen-bond donors (Lipinski definition) is 0. The summed E-state index contributed by atoms with van der Waals surface area (Å²) in [6.45, 7) is 6.11. The lowest BCUT2D eigenvalue weighted by Crippen LogP contribution is -2.25. The van der Waals surface area contributed by atoms with E-state index in [1.54, 1.807) is 0 Å². The Morgan fingerprint density at radius 3 is 3.14 bits per heavy atom. The van der Waals surface area contributed by atoms with Crippen molar-refractivity contribution in [1.29, 1.82) is 0 Å². The molecule has 0 N–H and O–H groups in total. The molecular weight excluding hydrogens is 180 g/mol. The summed E-state index contributed by atoms with van der Waals surface area (Å²) in [4.78, 5) is 10.7. The summed E-state index contributed by atoms with van der Waals surface area (Å²) in [7, 11) is 0. The highest BCUT2D eigenvalue weighted by atomic mass is 16.6. The van der Waals surface area contributed by atoms with Crippen LogP contribution in [0.25, 0.3) is 0 Å². The maximum absolute atomic E-state index is 10.7. The fourth-order valence-electron chi connectivity index (χ4n) is 2.35. The highest BCUT2D eigenvalue weighted by Crippen LogP contribution is 2.49. The third-order valence-electron chi connectivity index (χ3n) is 2.94. The van der Waals surface area contributed by atoms with Crippen molar-refractivity contribution in [3.63, 3.8) is 0 Å². The van der Waals surface area contributed by atoms with Crippen LogP contribution in [0.15, 0.2) is 11.6 Å². The van der Waals surface area contributed by atoms with Gasteiger partial charge in [0.1, 0.15) is 6.61 Å². The van der Waals surface area contributed by atoms with Crippen LogP contribution in [0.3, 0.4) is 0 Å². The molecule has 0 spiro atoms. The Morgan fingerprint density at radius 1 is 1.79 bits per heavy atom. The van der Waals surface area contributed by atoms with E-state index in [0.717, 1.165) is 6.42 Å². The fraction of sp³-hybridized carbons (Fsp3) is 0.727. The average Bonchev–Trinajstić information content (AvgIpc) is 2.71. The normalized spacial score (nSPS) is 39.8. The predicted octanol–water partition coefficient (Wildman–Crippen LogP) is 1.67. The molecule has 0 radical (unpaired) electrons. The van der Waals surface area contributed by atoms with Crippen molar-refractivity contribution in [3.8, 4) is 0 Å². The first-order chi connectivity index (χ1) is 6.51. The van der Waals surface area contributed by atoms with Crippen LogP contribution >= 0.6 is 0 Å². The maximum atomic E-state index is 10.7. The number of esters is 1. The van der Waals surface area contributed by atoms with Crippen LogP contribution in [-0.4, -0.2) is 24.3 Å². The van der Waals surface area contributed by atoms with Crippen LogP contribution < -0.4 is 0 Å². The number of fused-ring (bicyclic) bond motifs is 1. The second-order valence-electron chi connectivity index (χ2n) is 4.51. The number of epoxide rings is 1. The SMILES string of the molecule is CC(=O)OC[C@H]1C=C(C)C[C@]2(C)OC12. The quantitative estimate of drug-likeness (QED) is 0.383. The maximum Gasteiger partial charge on any atom is 0.302 e. The zero-order valence-electron chi connectivity index (χ0n) is 8.87. The molecule has 78 valence electrons. The van der Waals surface area contributed by atoms with Crippen molar-refractivity contribution in [2.24, 2.45) is 5.92 Å². The Balaban J connectivity index is 1.98. The lowest BCUT2D eigenvalue weighted by Gasteiger charge is -2.19. The van der Waals surface area contributed by atoms with Gasteiger partial charge in [-0.05, 0) is 20.3 Å². The summed E-state index contributed by atoms with van der Waals surface area (Å²) in [5, 5.41) is 0. The second-order valence-corrected chi connectivity index (χ2v) is 4.51. The standard InChI is InChI=1S/C11H16O3/c1-7-4-9(6-13-8(2)12)10-11(3,5-7)14-10/h4,9-10H,5-6H2,1-3H3/t9-,10?,11+/m1/s1. The highest BCUT2D eigenvalue weighted by Gasteiger charge is 2.57. The molecule has 0 bridgehead atoms. The number of carbonyl (C=O) groups is 1. The minimum atomic E-state index is -0.219. The minimum absolute atomic E-state index is 0.0175. The van der Waals surface area contributed by atoms with E-state index in [4.69, 9.17) is 9.47 Å². The molecule has 1 aliphatic heterocycles. The zero-order valence-corrected chi connectivity index (χ0v) is 8.87. The van der Waals surface area contributed by atoms with Gasteiger partial charge >= 0.3 is 5.97 Å². The van der Waals surface area contributed by atoms with E-state index in [9.17, 15) is 4.79 Å². The number of ether oxygens (including phenoxy) is 2. The molecule has 1 aliphatic carbocycles. The molecular formula is C11H16O3. The molecule has 2 rings (SSSR count). The summed E-state index contributed by atoms with van der Waals surface area (Å²) in [6, 6.07) is 0. The summed E-state index contributed by atoms with van der Waals surface area (Å²) < 4.78 is 10.6. The van der Waals surface area contributed by atoms with Gasteiger partial charge in [0.05, 0.1) is 11.7 Å². The van der Waals surface area contributed by atoms with Crippen LogP contribution in [0.5, 0.6) is 0 Å². The Hall–Kier alpha value is -0.830. The third-order valence-corrected chi connectivity index (χ3v) is 2.94. The number of rotatable bonds is 2. The molecule has 0 amide bonds. The lowest BCUT2D eigenvalue weighted by atomic mass is 9.84. The van der Waals surface area contributed by atoms with Crippen LogP contribution in [0.2, 0.25) is 0 Å². The van der Waals surface area contributed by atoms with Gasteiger partial charge in [-0.1, -0.05) is 11.6 Å². The van der Waals surface area contributed by atoms with Gasteiger partial charge in [0.2, 0.25) is 0 Å². The smallest absolute Gasteiger partial charge is 0.302 e. The second kappa shape index (κ2) is 3.09.